The van der Waals surface area contributed by atoms with Crippen molar-refractivity contribution in [1.82, 2.24) is 34.6 Å². The van der Waals surface area contributed by atoms with Crippen LogP contribution in [0.3, 0.4) is 0 Å². The summed E-state index contributed by atoms with van der Waals surface area (Å²) >= 11 is 6.20. The van der Waals surface area contributed by atoms with Gasteiger partial charge in [-0.3, -0.25) is 4.79 Å². The maximum absolute atomic E-state index is 12.6. The van der Waals surface area contributed by atoms with Crippen molar-refractivity contribution in [3.8, 4) is 5.82 Å². The van der Waals surface area contributed by atoms with Crippen LogP contribution in [0, 0.1) is 6.92 Å². The monoisotopic (exact) mass is 396 g/mol. The number of carbonyl (C=O) groups is 1. The standard InChI is InChI=1S/C18H17ClN8O/c1-10-7-22-27(9-10)17-15(19)24-14(16(20)25-17)18(28)21-8-13-23-11-5-3-4-6-12(11)26(13)2/h3-7,9H,8H2,1-2H3,(H2,20,25)(H,21,28). The van der Waals surface area contributed by atoms with E-state index in [4.69, 9.17) is 17.3 Å². The Kier molecular flexibility index (Phi) is 4.44. The average molecular weight is 397 g/mol. The number of fused-ring (bicyclic) bond motifs is 1. The largest absolute Gasteiger partial charge is 0.382 e. The number of para-hydroxylation sites is 2. The zero-order valence-electron chi connectivity index (χ0n) is 15.2. The maximum Gasteiger partial charge on any atom is 0.274 e. The molecule has 4 aromatic rings. The highest BCUT2D eigenvalue weighted by molar-refractivity contribution is 6.31. The van der Waals surface area contributed by atoms with Crippen LogP contribution in [0.2, 0.25) is 5.15 Å². The molecule has 0 aliphatic rings. The van der Waals surface area contributed by atoms with E-state index in [2.05, 4.69) is 25.4 Å². The minimum absolute atomic E-state index is 0.0324. The molecule has 0 bridgehead atoms. The number of imidazole rings is 1. The van der Waals surface area contributed by atoms with Crippen LogP contribution >= 0.6 is 11.6 Å². The number of nitrogens with zero attached hydrogens (tertiary/aromatic N) is 6. The summed E-state index contributed by atoms with van der Waals surface area (Å²) in [5, 5.41) is 6.93. The second kappa shape index (κ2) is 6.93. The van der Waals surface area contributed by atoms with Gasteiger partial charge in [-0.25, -0.2) is 19.6 Å². The molecule has 0 aliphatic heterocycles. The molecule has 9 nitrogen and oxygen atoms in total. The first-order valence-electron chi connectivity index (χ1n) is 8.47. The number of amides is 1. The highest BCUT2D eigenvalue weighted by Crippen LogP contribution is 2.20. The Balaban J connectivity index is 1.56. The Morgan fingerprint density at radius 2 is 2.04 bits per heavy atom. The van der Waals surface area contributed by atoms with Crippen LogP contribution in [0.4, 0.5) is 5.82 Å². The maximum atomic E-state index is 12.6. The van der Waals surface area contributed by atoms with Gasteiger partial charge in [-0.05, 0) is 24.6 Å². The Hall–Kier alpha value is -3.46. The van der Waals surface area contributed by atoms with E-state index < -0.39 is 5.91 Å². The van der Waals surface area contributed by atoms with Crippen molar-refractivity contribution in [3.05, 3.63) is 58.9 Å². The zero-order chi connectivity index (χ0) is 19.8. The van der Waals surface area contributed by atoms with E-state index in [-0.39, 0.29) is 29.0 Å². The number of hydrogen-bond donors (Lipinski definition) is 2. The number of carbonyl (C=O) groups excluding carboxylic acids is 1. The third-order valence-corrected chi connectivity index (χ3v) is 4.55. The summed E-state index contributed by atoms with van der Waals surface area (Å²) in [7, 11) is 1.89. The van der Waals surface area contributed by atoms with Crippen LogP contribution in [-0.4, -0.2) is 35.2 Å². The molecular weight excluding hydrogens is 380 g/mol. The lowest BCUT2D eigenvalue weighted by Crippen LogP contribution is -2.27. The molecule has 3 N–H and O–H groups in total. The van der Waals surface area contributed by atoms with Crippen LogP contribution in [0.25, 0.3) is 16.9 Å². The molecule has 0 radical (unpaired) electrons. The Morgan fingerprint density at radius 1 is 1.25 bits per heavy atom. The highest BCUT2D eigenvalue weighted by atomic mass is 35.5. The normalized spacial score (nSPS) is 11.1. The molecule has 3 heterocycles. The molecule has 0 saturated carbocycles. The van der Waals surface area contributed by atoms with Crippen molar-refractivity contribution in [2.24, 2.45) is 7.05 Å². The molecule has 0 unspecified atom stereocenters. The van der Waals surface area contributed by atoms with Gasteiger partial charge in [0.05, 0.1) is 23.8 Å². The lowest BCUT2D eigenvalue weighted by atomic mass is 10.3. The average Bonchev–Trinajstić information content (AvgIpc) is 3.25. The molecule has 28 heavy (non-hydrogen) atoms. The number of halogens is 1. The van der Waals surface area contributed by atoms with Gasteiger partial charge < -0.3 is 15.6 Å². The quantitative estimate of drug-likeness (QED) is 0.545. The van der Waals surface area contributed by atoms with Gasteiger partial charge in [-0.1, -0.05) is 23.7 Å². The Morgan fingerprint density at radius 3 is 2.75 bits per heavy atom. The Labute approximate surface area is 165 Å². The molecule has 4 rings (SSSR count). The first-order chi connectivity index (χ1) is 13.4. The molecule has 1 amide bonds. The van der Waals surface area contributed by atoms with Crippen molar-refractivity contribution in [1.29, 1.82) is 0 Å². The molecule has 0 fully saturated rings. The first-order valence-corrected chi connectivity index (χ1v) is 8.85. The first kappa shape index (κ1) is 17.9. The predicted octanol–water partition coefficient (Wildman–Crippen LogP) is 2.02. The number of aromatic nitrogens is 6. The third-order valence-electron chi connectivity index (χ3n) is 4.29. The van der Waals surface area contributed by atoms with Gasteiger partial charge in [0.25, 0.3) is 5.91 Å². The van der Waals surface area contributed by atoms with E-state index in [0.29, 0.717) is 5.82 Å². The molecule has 10 heteroatoms. The van der Waals surface area contributed by atoms with Gasteiger partial charge in [0, 0.05) is 13.2 Å². The summed E-state index contributed by atoms with van der Waals surface area (Å²) in [6, 6.07) is 7.73. The molecule has 142 valence electrons. The number of nitrogens with two attached hydrogens (primary N) is 1. The van der Waals surface area contributed by atoms with Gasteiger partial charge in [0.2, 0.25) is 0 Å². The molecule has 1 aromatic carbocycles. The van der Waals surface area contributed by atoms with Gasteiger partial charge in [0.15, 0.2) is 22.5 Å². The summed E-state index contributed by atoms with van der Waals surface area (Å²) in [6.45, 7) is 2.10. The highest BCUT2D eigenvalue weighted by Gasteiger charge is 2.19. The smallest absolute Gasteiger partial charge is 0.274 e. The molecule has 0 spiro atoms. The second-order valence-electron chi connectivity index (χ2n) is 6.29. The predicted molar refractivity (Wildman–Crippen MR) is 105 cm³/mol. The van der Waals surface area contributed by atoms with E-state index in [1.165, 1.54) is 4.68 Å². The minimum Gasteiger partial charge on any atom is -0.382 e. The second-order valence-corrected chi connectivity index (χ2v) is 6.65. The van der Waals surface area contributed by atoms with Crippen LogP contribution in [0.1, 0.15) is 21.9 Å². The molecular formula is C18H17ClN8O. The van der Waals surface area contributed by atoms with Crippen LogP contribution in [0.15, 0.2) is 36.7 Å². The van der Waals surface area contributed by atoms with E-state index >= 15 is 0 Å². The Bertz CT molecular complexity index is 1200. The summed E-state index contributed by atoms with van der Waals surface area (Å²) in [6.07, 6.45) is 3.40. The number of rotatable bonds is 4. The van der Waals surface area contributed by atoms with Crippen molar-refractivity contribution < 1.29 is 4.79 Å². The van der Waals surface area contributed by atoms with Gasteiger partial charge in [-0.2, -0.15) is 5.10 Å². The minimum atomic E-state index is -0.484. The summed E-state index contributed by atoms with van der Waals surface area (Å²) in [4.78, 5) is 25.4. The van der Waals surface area contributed by atoms with Crippen LogP contribution in [0.5, 0.6) is 0 Å². The lowest BCUT2D eigenvalue weighted by Gasteiger charge is -2.09. The lowest BCUT2D eigenvalue weighted by molar-refractivity contribution is 0.0945. The topological polar surface area (TPSA) is 117 Å². The van der Waals surface area contributed by atoms with Crippen molar-refractivity contribution >= 4 is 34.4 Å². The number of anilines is 1. The third kappa shape index (κ3) is 3.16. The fraction of sp³-hybridized carbons (Fsp3) is 0.167. The van der Waals surface area contributed by atoms with E-state index in [9.17, 15) is 4.79 Å². The van der Waals surface area contributed by atoms with Gasteiger partial charge in [-0.15, -0.1) is 0 Å². The molecule has 0 saturated heterocycles. The van der Waals surface area contributed by atoms with Crippen molar-refractivity contribution in [3.63, 3.8) is 0 Å². The van der Waals surface area contributed by atoms with Crippen molar-refractivity contribution in [2.45, 2.75) is 13.5 Å². The van der Waals surface area contributed by atoms with Crippen molar-refractivity contribution in [2.75, 3.05) is 5.73 Å². The van der Waals surface area contributed by atoms with Gasteiger partial charge in [0.1, 0.15) is 5.82 Å². The summed E-state index contributed by atoms with van der Waals surface area (Å²) in [5.41, 5.74) is 8.66. The van der Waals surface area contributed by atoms with E-state index in [1.807, 2.05) is 42.8 Å². The summed E-state index contributed by atoms with van der Waals surface area (Å²) in [5.74, 6) is 0.451. The van der Waals surface area contributed by atoms with Crippen LogP contribution < -0.4 is 11.1 Å². The number of aryl methyl sites for hydroxylation is 2. The SMILES string of the molecule is Cc1cnn(-c2nc(N)c(C(=O)NCc3nc4ccccc4n3C)nc2Cl)c1. The number of nitrogen functional groups attached to an aromatic ring is 1. The summed E-state index contributed by atoms with van der Waals surface area (Å²) < 4.78 is 3.38. The molecule has 0 atom stereocenters. The molecule has 3 aromatic heterocycles. The van der Waals surface area contributed by atoms with Gasteiger partial charge >= 0.3 is 0 Å². The number of nitrogens with one attached hydrogen (secondary N) is 1. The van der Waals surface area contributed by atoms with Crippen LogP contribution in [-0.2, 0) is 13.6 Å². The zero-order valence-corrected chi connectivity index (χ0v) is 16.0. The number of benzene rings is 1. The fourth-order valence-electron chi connectivity index (χ4n) is 2.86. The van der Waals surface area contributed by atoms with E-state index in [0.717, 1.165) is 16.6 Å². The van der Waals surface area contributed by atoms with E-state index in [1.54, 1.807) is 12.4 Å². The molecule has 0 aliphatic carbocycles. The fourth-order valence-corrected chi connectivity index (χ4v) is 3.07. The number of hydrogen-bond acceptors (Lipinski definition) is 6.